The van der Waals surface area contributed by atoms with Crippen LogP contribution < -0.4 is 4.74 Å². The number of carboxylic acid groups (broad SMARTS) is 2. The zero-order valence-electron chi connectivity index (χ0n) is 17.5. The molecule has 2 aliphatic rings. The van der Waals surface area contributed by atoms with Crippen LogP contribution in [0.5, 0.6) is 5.75 Å². The van der Waals surface area contributed by atoms with Crippen LogP contribution in [0.3, 0.4) is 0 Å². The van der Waals surface area contributed by atoms with Crippen LogP contribution in [0.2, 0.25) is 0 Å². The monoisotopic (exact) mass is 422 g/mol. The molecule has 2 aromatic carbocycles. The van der Waals surface area contributed by atoms with Gasteiger partial charge in [-0.2, -0.15) is 5.26 Å². The van der Waals surface area contributed by atoms with Crippen LogP contribution in [0.4, 0.5) is 0 Å². The Hall–Kier alpha value is -3.37. The number of para-hydroxylation sites is 1. The summed E-state index contributed by atoms with van der Waals surface area (Å²) in [4.78, 5) is 20.7. The van der Waals surface area contributed by atoms with Crippen molar-refractivity contribution < 1.29 is 24.5 Å². The highest BCUT2D eigenvalue weighted by atomic mass is 16.5. The van der Waals surface area contributed by atoms with E-state index in [0.29, 0.717) is 12.6 Å². The predicted molar refractivity (Wildman–Crippen MR) is 114 cm³/mol. The SMILES string of the molecule is CC(CC1(C#N)c2ccccc2COc2ccccc21)N1CCCC1.O=C(O)C(=O)O. The summed E-state index contributed by atoms with van der Waals surface area (Å²) in [6, 6.07) is 19.4. The highest BCUT2D eigenvalue weighted by molar-refractivity contribution is 6.27. The minimum atomic E-state index is -1.82. The summed E-state index contributed by atoms with van der Waals surface area (Å²) < 4.78 is 6.07. The number of carboxylic acids is 2. The Kier molecular flexibility index (Phi) is 6.93. The zero-order chi connectivity index (χ0) is 22.4. The Morgan fingerprint density at radius 1 is 1.06 bits per heavy atom. The number of rotatable bonds is 3. The molecule has 2 N–H and O–H groups in total. The van der Waals surface area contributed by atoms with Crippen molar-refractivity contribution in [2.24, 2.45) is 0 Å². The summed E-state index contributed by atoms with van der Waals surface area (Å²) in [5.41, 5.74) is 2.57. The van der Waals surface area contributed by atoms with Crippen molar-refractivity contribution >= 4 is 11.9 Å². The van der Waals surface area contributed by atoms with Crippen LogP contribution in [-0.4, -0.2) is 46.2 Å². The van der Waals surface area contributed by atoms with Gasteiger partial charge in [-0.05, 0) is 56.5 Å². The second-order valence-electron chi connectivity index (χ2n) is 7.87. The first-order valence-corrected chi connectivity index (χ1v) is 10.3. The van der Waals surface area contributed by atoms with Gasteiger partial charge in [0, 0.05) is 11.6 Å². The van der Waals surface area contributed by atoms with Gasteiger partial charge in [-0.3, -0.25) is 0 Å². The summed E-state index contributed by atoms with van der Waals surface area (Å²) >= 11 is 0. The van der Waals surface area contributed by atoms with E-state index in [2.05, 4.69) is 36.1 Å². The van der Waals surface area contributed by atoms with E-state index in [1.54, 1.807) is 0 Å². The first kappa shape index (κ1) is 22.3. The smallest absolute Gasteiger partial charge is 0.414 e. The highest BCUT2D eigenvalue weighted by Crippen LogP contribution is 2.45. The van der Waals surface area contributed by atoms with Gasteiger partial charge in [-0.15, -0.1) is 0 Å². The number of likely N-dealkylation sites (tertiary alicyclic amines) is 1. The fraction of sp³-hybridized carbons (Fsp3) is 0.375. The Morgan fingerprint density at radius 2 is 1.65 bits per heavy atom. The van der Waals surface area contributed by atoms with Gasteiger partial charge in [0.25, 0.3) is 0 Å². The van der Waals surface area contributed by atoms with Gasteiger partial charge in [0.05, 0.1) is 6.07 Å². The van der Waals surface area contributed by atoms with Crippen LogP contribution in [0.1, 0.15) is 42.9 Å². The maximum Gasteiger partial charge on any atom is 0.414 e. The van der Waals surface area contributed by atoms with E-state index in [4.69, 9.17) is 24.5 Å². The van der Waals surface area contributed by atoms with Gasteiger partial charge >= 0.3 is 11.9 Å². The van der Waals surface area contributed by atoms with Gasteiger partial charge in [0.1, 0.15) is 17.8 Å². The Morgan fingerprint density at radius 3 is 2.26 bits per heavy atom. The largest absolute Gasteiger partial charge is 0.489 e. The third-order valence-corrected chi connectivity index (χ3v) is 5.95. The molecule has 2 unspecified atom stereocenters. The number of hydrogen-bond donors (Lipinski definition) is 2. The van der Waals surface area contributed by atoms with Gasteiger partial charge in [-0.1, -0.05) is 42.5 Å². The quantitative estimate of drug-likeness (QED) is 0.729. The summed E-state index contributed by atoms with van der Waals surface area (Å²) in [6.45, 7) is 5.07. The van der Waals surface area contributed by atoms with Gasteiger partial charge < -0.3 is 19.8 Å². The standard InChI is InChI=1S/C22H24N2O.C2H2O4/c1-17(24-12-6-7-13-24)14-22(16-23)19-9-3-2-8-18(19)15-25-21-11-5-4-10-20(21)22;3-1(4)2(5)6/h2-5,8-11,17H,6-7,12-15H2,1H3;(H,3,4)(H,5,6). The predicted octanol–water partition coefficient (Wildman–Crippen LogP) is 3.42. The zero-order valence-corrected chi connectivity index (χ0v) is 17.5. The molecule has 0 amide bonds. The van der Waals surface area contributed by atoms with Crippen LogP contribution in [0, 0.1) is 11.3 Å². The summed E-state index contributed by atoms with van der Waals surface area (Å²) in [5.74, 6) is -2.81. The Bertz CT molecular complexity index is 932. The average molecular weight is 422 g/mol. The molecule has 1 saturated heterocycles. The van der Waals surface area contributed by atoms with Crippen LogP contribution in [0.15, 0.2) is 48.5 Å². The van der Waals surface area contributed by atoms with Crippen molar-refractivity contribution in [1.29, 1.82) is 5.26 Å². The molecule has 0 saturated carbocycles. The minimum absolute atomic E-state index is 0.362. The molecule has 2 atom stereocenters. The van der Waals surface area contributed by atoms with E-state index in [9.17, 15) is 5.26 Å². The van der Waals surface area contributed by atoms with E-state index >= 15 is 0 Å². The van der Waals surface area contributed by atoms with Crippen molar-refractivity contribution in [3.63, 3.8) is 0 Å². The lowest BCUT2D eigenvalue weighted by molar-refractivity contribution is -0.159. The number of fused-ring (bicyclic) bond motifs is 2. The fourth-order valence-electron chi connectivity index (χ4n) is 4.45. The Labute approximate surface area is 181 Å². The first-order valence-electron chi connectivity index (χ1n) is 10.3. The maximum absolute atomic E-state index is 10.4. The number of nitrogens with zero attached hydrogens (tertiary/aromatic N) is 2. The molecular weight excluding hydrogens is 396 g/mol. The van der Waals surface area contributed by atoms with Crippen molar-refractivity contribution in [2.75, 3.05) is 13.1 Å². The number of aliphatic carboxylic acids is 2. The van der Waals surface area contributed by atoms with Crippen molar-refractivity contribution in [3.05, 3.63) is 65.2 Å². The van der Waals surface area contributed by atoms with Gasteiger partial charge in [0.15, 0.2) is 0 Å². The van der Waals surface area contributed by atoms with E-state index in [-0.39, 0.29) is 0 Å². The molecule has 0 spiro atoms. The molecule has 2 heterocycles. The summed E-state index contributed by atoms with van der Waals surface area (Å²) in [7, 11) is 0. The van der Waals surface area contributed by atoms with E-state index in [1.165, 1.54) is 12.8 Å². The molecule has 2 aliphatic heterocycles. The molecule has 162 valence electrons. The van der Waals surface area contributed by atoms with Gasteiger partial charge in [-0.25, -0.2) is 9.59 Å². The molecule has 7 heteroatoms. The third-order valence-electron chi connectivity index (χ3n) is 5.95. The summed E-state index contributed by atoms with van der Waals surface area (Å²) in [5, 5.41) is 25.2. The number of ether oxygens (including phenoxy) is 1. The number of hydrogen-bond acceptors (Lipinski definition) is 5. The normalized spacial score (nSPS) is 20.5. The molecular formula is C24H26N2O5. The van der Waals surface area contributed by atoms with Crippen molar-refractivity contribution in [1.82, 2.24) is 4.90 Å². The molecule has 1 fully saturated rings. The average Bonchev–Trinajstić information content (AvgIpc) is 3.28. The molecule has 0 aromatic heterocycles. The minimum Gasteiger partial charge on any atom is -0.489 e. The molecule has 0 bridgehead atoms. The number of carbonyl (C=O) groups is 2. The molecule has 0 radical (unpaired) electrons. The molecule has 4 rings (SSSR count). The lowest BCUT2D eigenvalue weighted by Crippen LogP contribution is -2.38. The Balaban J connectivity index is 0.000000401. The van der Waals surface area contributed by atoms with Crippen LogP contribution >= 0.6 is 0 Å². The van der Waals surface area contributed by atoms with Crippen LogP contribution in [-0.2, 0) is 21.6 Å². The second-order valence-corrected chi connectivity index (χ2v) is 7.87. The summed E-state index contributed by atoms with van der Waals surface area (Å²) in [6.07, 6.45) is 3.32. The fourth-order valence-corrected chi connectivity index (χ4v) is 4.45. The van der Waals surface area contributed by atoms with Crippen LogP contribution in [0.25, 0.3) is 0 Å². The highest BCUT2D eigenvalue weighted by Gasteiger charge is 2.42. The molecule has 0 aliphatic carbocycles. The topological polar surface area (TPSA) is 111 Å². The van der Waals surface area contributed by atoms with E-state index < -0.39 is 17.4 Å². The molecule has 2 aromatic rings. The van der Waals surface area contributed by atoms with Crippen molar-refractivity contribution in [3.8, 4) is 11.8 Å². The number of nitriles is 1. The van der Waals surface area contributed by atoms with Gasteiger partial charge in [0.2, 0.25) is 0 Å². The van der Waals surface area contributed by atoms with E-state index in [1.807, 2.05) is 30.3 Å². The first-order chi connectivity index (χ1) is 14.9. The number of benzene rings is 2. The van der Waals surface area contributed by atoms with Crippen molar-refractivity contribution in [2.45, 2.75) is 44.2 Å². The second kappa shape index (κ2) is 9.63. The molecule has 31 heavy (non-hydrogen) atoms. The molecule has 7 nitrogen and oxygen atoms in total. The lowest BCUT2D eigenvalue weighted by atomic mass is 9.70. The maximum atomic E-state index is 10.4. The third kappa shape index (κ3) is 4.70. The van der Waals surface area contributed by atoms with E-state index in [0.717, 1.165) is 42.0 Å². The lowest BCUT2D eigenvalue weighted by Gasteiger charge is -2.34.